The summed E-state index contributed by atoms with van der Waals surface area (Å²) < 4.78 is 22.2. The molecule has 0 aliphatic carbocycles. The lowest BCUT2D eigenvalue weighted by atomic mass is 9.75. The maximum atomic E-state index is 11.8. The SMILES string of the molecule is CCCC1(C(=O)O)CCN(C(=O)CS(C)(=O)=O)CC1. The normalized spacial score (nSPS) is 19.2. The Morgan fingerprint density at radius 3 is 2.16 bits per heavy atom. The number of likely N-dealkylation sites (tertiary alicyclic amines) is 1. The van der Waals surface area contributed by atoms with E-state index in [1.165, 1.54) is 4.90 Å². The van der Waals surface area contributed by atoms with Crippen LogP contribution in [-0.4, -0.2) is 55.4 Å². The van der Waals surface area contributed by atoms with Crippen molar-refractivity contribution in [2.75, 3.05) is 25.1 Å². The maximum Gasteiger partial charge on any atom is 0.309 e. The minimum atomic E-state index is -3.34. The quantitative estimate of drug-likeness (QED) is 0.797. The van der Waals surface area contributed by atoms with Crippen LogP contribution >= 0.6 is 0 Å². The van der Waals surface area contributed by atoms with Crippen LogP contribution in [0, 0.1) is 5.41 Å². The minimum absolute atomic E-state index is 0.320. The third-order valence-electron chi connectivity index (χ3n) is 3.64. The predicted octanol–water partition coefficient (Wildman–Crippen LogP) is 0.524. The molecular formula is C12H21NO5S. The third-order valence-corrected chi connectivity index (χ3v) is 4.41. The largest absolute Gasteiger partial charge is 0.481 e. The summed E-state index contributed by atoms with van der Waals surface area (Å²) in [5.74, 6) is -1.75. The molecule has 0 radical (unpaired) electrons. The summed E-state index contributed by atoms with van der Waals surface area (Å²) in [6.45, 7) is 2.58. The van der Waals surface area contributed by atoms with Crippen LogP contribution in [0.2, 0.25) is 0 Å². The first kappa shape index (κ1) is 15.9. The summed E-state index contributed by atoms with van der Waals surface area (Å²) >= 11 is 0. The van der Waals surface area contributed by atoms with E-state index in [0.29, 0.717) is 32.4 Å². The van der Waals surface area contributed by atoms with Crippen LogP contribution in [0.5, 0.6) is 0 Å². The van der Waals surface area contributed by atoms with E-state index in [4.69, 9.17) is 0 Å². The summed E-state index contributed by atoms with van der Waals surface area (Å²) in [6, 6.07) is 0. The number of aliphatic carboxylic acids is 1. The predicted molar refractivity (Wildman–Crippen MR) is 70.5 cm³/mol. The molecule has 110 valence electrons. The van der Waals surface area contributed by atoms with Gasteiger partial charge in [-0.3, -0.25) is 9.59 Å². The van der Waals surface area contributed by atoms with Crippen molar-refractivity contribution in [1.82, 2.24) is 4.90 Å². The van der Waals surface area contributed by atoms with Crippen molar-refractivity contribution in [1.29, 1.82) is 0 Å². The van der Waals surface area contributed by atoms with Gasteiger partial charge in [-0.15, -0.1) is 0 Å². The molecule has 1 saturated heterocycles. The van der Waals surface area contributed by atoms with E-state index in [1.807, 2.05) is 6.92 Å². The first-order valence-corrected chi connectivity index (χ1v) is 8.45. The van der Waals surface area contributed by atoms with E-state index in [2.05, 4.69) is 0 Å². The molecule has 0 aromatic carbocycles. The van der Waals surface area contributed by atoms with Crippen molar-refractivity contribution < 1.29 is 23.1 Å². The van der Waals surface area contributed by atoms with Crippen LogP contribution in [0.15, 0.2) is 0 Å². The zero-order valence-electron chi connectivity index (χ0n) is 11.4. The van der Waals surface area contributed by atoms with Crippen LogP contribution in [0.3, 0.4) is 0 Å². The molecule has 1 rings (SSSR count). The van der Waals surface area contributed by atoms with Gasteiger partial charge in [0.2, 0.25) is 5.91 Å². The summed E-state index contributed by atoms with van der Waals surface area (Å²) in [4.78, 5) is 24.6. The fourth-order valence-corrected chi connectivity index (χ4v) is 3.18. The lowest BCUT2D eigenvalue weighted by molar-refractivity contribution is -0.154. The first-order chi connectivity index (χ1) is 8.70. The van der Waals surface area contributed by atoms with Crippen molar-refractivity contribution in [3.05, 3.63) is 0 Å². The van der Waals surface area contributed by atoms with E-state index in [0.717, 1.165) is 12.7 Å². The van der Waals surface area contributed by atoms with Crippen LogP contribution in [0.25, 0.3) is 0 Å². The van der Waals surface area contributed by atoms with Gasteiger partial charge in [-0.05, 0) is 19.3 Å². The number of carbonyl (C=O) groups excluding carboxylic acids is 1. The molecule has 0 saturated carbocycles. The van der Waals surface area contributed by atoms with Gasteiger partial charge in [0.05, 0.1) is 5.41 Å². The number of carboxylic acids is 1. The van der Waals surface area contributed by atoms with Gasteiger partial charge in [-0.25, -0.2) is 8.42 Å². The number of carbonyl (C=O) groups is 2. The smallest absolute Gasteiger partial charge is 0.309 e. The zero-order valence-corrected chi connectivity index (χ0v) is 12.2. The van der Waals surface area contributed by atoms with Crippen molar-refractivity contribution >= 4 is 21.7 Å². The van der Waals surface area contributed by atoms with Crippen LogP contribution in [0.1, 0.15) is 32.6 Å². The fourth-order valence-electron chi connectivity index (χ4n) is 2.55. The highest BCUT2D eigenvalue weighted by Crippen LogP contribution is 2.36. The number of hydrogen-bond acceptors (Lipinski definition) is 4. The molecule has 1 N–H and O–H groups in total. The van der Waals surface area contributed by atoms with E-state index in [-0.39, 0.29) is 0 Å². The molecule has 0 aromatic heterocycles. The third kappa shape index (κ3) is 4.19. The van der Waals surface area contributed by atoms with Crippen molar-refractivity contribution in [2.45, 2.75) is 32.6 Å². The molecule has 1 amide bonds. The molecule has 1 aliphatic rings. The topological polar surface area (TPSA) is 91.8 Å². The molecule has 0 spiro atoms. The summed E-state index contributed by atoms with van der Waals surface area (Å²) in [5.41, 5.74) is -0.753. The molecule has 19 heavy (non-hydrogen) atoms. The molecule has 0 bridgehead atoms. The number of hydrogen-bond donors (Lipinski definition) is 1. The highest BCUT2D eigenvalue weighted by Gasteiger charge is 2.41. The molecular weight excluding hydrogens is 270 g/mol. The molecule has 7 heteroatoms. The second kappa shape index (κ2) is 5.90. The Hall–Kier alpha value is -1.11. The molecule has 1 heterocycles. The Labute approximate surface area is 113 Å². The monoisotopic (exact) mass is 291 g/mol. The average Bonchev–Trinajstić information content (AvgIpc) is 2.27. The number of carboxylic acid groups (broad SMARTS) is 1. The van der Waals surface area contributed by atoms with Crippen molar-refractivity contribution in [3.63, 3.8) is 0 Å². The first-order valence-electron chi connectivity index (χ1n) is 6.39. The highest BCUT2D eigenvalue weighted by atomic mass is 32.2. The van der Waals surface area contributed by atoms with Crippen LogP contribution in [-0.2, 0) is 19.4 Å². The second-order valence-corrected chi connectivity index (χ2v) is 7.43. The average molecular weight is 291 g/mol. The molecule has 1 aliphatic heterocycles. The Kier molecular flexibility index (Phi) is 4.95. The van der Waals surface area contributed by atoms with E-state index >= 15 is 0 Å². The van der Waals surface area contributed by atoms with Gasteiger partial charge in [0, 0.05) is 19.3 Å². The minimum Gasteiger partial charge on any atom is -0.481 e. The Morgan fingerprint density at radius 1 is 1.26 bits per heavy atom. The number of rotatable bonds is 5. The summed E-state index contributed by atoms with van der Waals surface area (Å²) in [6.07, 6.45) is 3.19. The molecule has 0 aromatic rings. The fraction of sp³-hybridized carbons (Fsp3) is 0.833. The summed E-state index contributed by atoms with van der Waals surface area (Å²) in [5, 5.41) is 9.33. The Balaban J connectivity index is 2.66. The van der Waals surface area contributed by atoms with Gasteiger partial charge >= 0.3 is 5.97 Å². The number of sulfone groups is 1. The van der Waals surface area contributed by atoms with Crippen molar-refractivity contribution in [2.24, 2.45) is 5.41 Å². The molecule has 1 fully saturated rings. The van der Waals surface area contributed by atoms with Crippen molar-refractivity contribution in [3.8, 4) is 0 Å². The molecule has 0 atom stereocenters. The van der Waals surface area contributed by atoms with Gasteiger partial charge in [0.25, 0.3) is 0 Å². The van der Waals surface area contributed by atoms with Gasteiger partial charge in [0.15, 0.2) is 9.84 Å². The van der Waals surface area contributed by atoms with Gasteiger partial charge in [0.1, 0.15) is 5.75 Å². The highest BCUT2D eigenvalue weighted by molar-refractivity contribution is 7.91. The standard InChI is InChI=1S/C12H21NO5S/c1-3-4-12(11(15)16)5-7-13(8-6-12)10(14)9-19(2,17)18/h3-9H2,1-2H3,(H,15,16). The molecule has 0 unspecified atom stereocenters. The van der Waals surface area contributed by atoms with Gasteiger partial charge in [-0.1, -0.05) is 13.3 Å². The van der Waals surface area contributed by atoms with Gasteiger partial charge < -0.3 is 10.0 Å². The molecule has 6 nitrogen and oxygen atoms in total. The van der Waals surface area contributed by atoms with Crippen LogP contribution in [0.4, 0.5) is 0 Å². The summed E-state index contributed by atoms with van der Waals surface area (Å²) in [7, 11) is -3.34. The zero-order chi connectivity index (χ0) is 14.7. The van der Waals surface area contributed by atoms with Crippen LogP contribution < -0.4 is 0 Å². The number of amides is 1. The second-order valence-electron chi connectivity index (χ2n) is 5.29. The van der Waals surface area contributed by atoms with E-state index in [9.17, 15) is 23.1 Å². The number of piperidine rings is 1. The van der Waals surface area contributed by atoms with E-state index < -0.39 is 32.9 Å². The number of nitrogens with zero attached hydrogens (tertiary/aromatic N) is 1. The maximum absolute atomic E-state index is 11.8. The lowest BCUT2D eigenvalue weighted by Gasteiger charge is -2.38. The van der Waals surface area contributed by atoms with E-state index in [1.54, 1.807) is 0 Å². The van der Waals surface area contributed by atoms with Gasteiger partial charge in [-0.2, -0.15) is 0 Å². The Bertz CT molecular complexity index is 449. The lowest BCUT2D eigenvalue weighted by Crippen LogP contribution is -2.47. The Morgan fingerprint density at radius 2 is 1.79 bits per heavy atom.